The van der Waals surface area contributed by atoms with Gasteiger partial charge in [-0.1, -0.05) is 36.4 Å². The molecule has 2 aliphatic heterocycles. The molecule has 0 aromatic heterocycles. The zero-order chi connectivity index (χ0) is 23.7. The third kappa shape index (κ3) is 4.42. The molecule has 34 heavy (non-hydrogen) atoms. The molecule has 2 aliphatic rings. The smallest absolute Gasteiger partial charge is 0.412 e. The fourth-order valence-corrected chi connectivity index (χ4v) is 4.46. The zero-order valence-electron chi connectivity index (χ0n) is 19.1. The zero-order valence-corrected chi connectivity index (χ0v) is 19.1. The number of carbonyl (C=O) groups excluding carboxylic acids is 2. The number of nitrogens with one attached hydrogen (secondary N) is 2. The maximum atomic E-state index is 12.7. The summed E-state index contributed by atoms with van der Waals surface area (Å²) in [6.07, 6.45) is -1.93. The summed E-state index contributed by atoms with van der Waals surface area (Å²) in [5, 5.41) is 7.77. The number of fused-ring (bicyclic) bond motifs is 2. The summed E-state index contributed by atoms with van der Waals surface area (Å²) in [7, 11) is 3.90. The quantitative estimate of drug-likeness (QED) is 0.605. The number of rotatable bonds is 5. The molecule has 0 bridgehead atoms. The van der Waals surface area contributed by atoms with Crippen LogP contribution in [-0.4, -0.2) is 63.7 Å². The molecule has 3 aromatic carbocycles. The maximum absolute atomic E-state index is 12.7. The van der Waals surface area contributed by atoms with Crippen LogP contribution in [0.1, 0.15) is 10.4 Å². The third-order valence-electron chi connectivity index (χ3n) is 6.26. The minimum Gasteiger partial charge on any atom is -0.441 e. The van der Waals surface area contributed by atoms with Crippen LogP contribution in [-0.2, 0) is 14.2 Å². The molecule has 2 N–H and O–H groups in total. The number of amides is 2. The summed E-state index contributed by atoms with van der Waals surface area (Å²) < 4.78 is 17.4. The number of ether oxygens (including phenoxy) is 3. The van der Waals surface area contributed by atoms with Gasteiger partial charge in [-0.25, -0.2) is 4.79 Å². The van der Waals surface area contributed by atoms with E-state index in [-0.39, 0.29) is 24.7 Å². The Bertz CT molecular complexity index is 1190. The molecular weight excluding hydrogens is 434 g/mol. The second kappa shape index (κ2) is 9.32. The molecule has 176 valence electrons. The van der Waals surface area contributed by atoms with E-state index in [1.54, 1.807) is 12.1 Å². The van der Waals surface area contributed by atoms with Gasteiger partial charge in [-0.15, -0.1) is 0 Å². The Morgan fingerprint density at radius 3 is 2.44 bits per heavy atom. The van der Waals surface area contributed by atoms with E-state index in [1.807, 2.05) is 73.6 Å². The molecule has 3 aromatic rings. The van der Waals surface area contributed by atoms with Crippen LogP contribution < -0.4 is 15.5 Å². The molecule has 0 saturated carbocycles. The molecule has 4 unspecified atom stereocenters. The summed E-state index contributed by atoms with van der Waals surface area (Å²) >= 11 is 0. The predicted molar refractivity (Wildman–Crippen MR) is 129 cm³/mol. The molecular formula is C26H27N3O5. The fourth-order valence-electron chi connectivity index (χ4n) is 4.46. The van der Waals surface area contributed by atoms with Crippen molar-refractivity contribution in [1.29, 1.82) is 0 Å². The van der Waals surface area contributed by atoms with Gasteiger partial charge in [-0.2, -0.15) is 0 Å². The molecule has 5 rings (SSSR count). The van der Waals surface area contributed by atoms with E-state index in [0.29, 0.717) is 17.9 Å². The highest BCUT2D eigenvalue weighted by Gasteiger charge is 2.50. The molecule has 2 saturated heterocycles. The van der Waals surface area contributed by atoms with Gasteiger partial charge in [0.2, 0.25) is 0 Å². The number of benzene rings is 3. The SMILES string of the molecule is CN(C)c1ccc(C(=O)NC2COC3C(OC(=O)Nc4cccc5ccccc45)COC23)cc1. The maximum Gasteiger partial charge on any atom is 0.412 e. The number of hydrogen-bond donors (Lipinski definition) is 2. The minimum atomic E-state index is -0.567. The summed E-state index contributed by atoms with van der Waals surface area (Å²) in [5.74, 6) is -0.193. The Kier molecular flexibility index (Phi) is 6.08. The molecule has 4 atom stereocenters. The molecule has 0 spiro atoms. The van der Waals surface area contributed by atoms with Crippen LogP contribution in [0.4, 0.5) is 16.2 Å². The lowest BCUT2D eigenvalue weighted by Crippen LogP contribution is -2.44. The minimum absolute atomic E-state index is 0.193. The van der Waals surface area contributed by atoms with Crippen molar-refractivity contribution < 1.29 is 23.8 Å². The van der Waals surface area contributed by atoms with E-state index in [1.165, 1.54) is 0 Å². The van der Waals surface area contributed by atoms with Gasteiger partial charge < -0.3 is 24.4 Å². The van der Waals surface area contributed by atoms with Crippen molar-refractivity contribution in [1.82, 2.24) is 5.32 Å². The van der Waals surface area contributed by atoms with Crippen molar-refractivity contribution in [2.24, 2.45) is 0 Å². The van der Waals surface area contributed by atoms with Gasteiger partial charge in [0.05, 0.1) is 24.9 Å². The monoisotopic (exact) mass is 461 g/mol. The Balaban J connectivity index is 1.18. The van der Waals surface area contributed by atoms with Gasteiger partial charge in [0.1, 0.15) is 12.2 Å². The van der Waals surface area contributed by atoms with E-state index < -0.39 is 18.3 Å². The number of carbonyl (C=O) groups is 2. The first-order chi connectivity index (χ1) is 16.5. The Morgan fingerprint density at radius 2 is 1.65 bits per heavy atom. The molecule has 0 radical (unpaired) electrons. The van der Waals surface area contributed by atoms with Crippen LogP contribution in [0, 0.1) is 0 Å². The van der Waals surface area contributed by atoms with Crippen LogP contribution in [0.15, 0.2) is 66.7 Å². The van der Waals surface area contributed by atoms with Gasteiger partial charge in [0.15, 0.2) is 6.10 Å². The number of hydrogen-bond acceptors (Lipinski definition) is 6. The summed E-state index contributed by atoms with van der Waals surface area (Å²) in [5.41, 5.74) is 2.26. The average Bonchev–Trinajstić information content (AvgIpc) is 3.42. The van der Waals surface area contributed by atoms with E-state index in [2.05, 4.69) is 10.6 Å². The van der Waals surface area contributed by atoms with Gasteiger partial charge in [0.25, 0.3) is 5.91 Å². The number of anilines is 2. The molecule has 2 heterocycles. The van der Waals surface area contributed by atoms with E-state index in [0.717, 1.165) is 16.5 Å². The average molecular weight is 462 g/mol. The molecule has 0 aliphatic carbocycles. The summed E-state index contributed by atoms with van der Waals surface area (Å²) in [6, 6.07) is 20.6. The first-order valence-corrected chi connectivity index (χ1v) is 11.3. The van der Waals surface area contributed by atoms with Gasteiger partial charge in [-0.05, 0) is 35.7 Å². The second-order valence-electron chi connectivity index (χ2n) is 8.71. The summed E-state index contributed by atoms with van der Waals surface area (Å²) in [4.78, 5) is 27.3. The predicted octanol–water partition coefficient (Wildman–Crippen LogP) is 3.42. The van der Waals surface area contributed by atoms with Gasteiger partial charge >= 0.3 is 6.09 Å². The molecule has 8 heteroatoms. The van der Waals surface area contributed by atoms with Crippen molar-refractivity contribution >= 4 is 34.1 Å². The Morgan fingerprint density at radius 1 is 0.912 bits per heavy atom. The highest BCUT2D eigenvalue weighted by atomic mass is 16.6. The lowest BCUT2D eigenvalue weighted by molar-refractivity contribution is 0.00862. The van der Waals surface area contributed by atoms with Crippen molar-refractivity contribution in [2.45, 2.75) is 24.4 Å². The van der Waals surface area contributed by atoms with Gasteiger partial charge in [-0.3, -0.25) is 10.1 Å². The van der Waals surface area contributed by atoms with E-state index in [9.17, 15) is 9.59 Å². The third-order valence-corrected chi connectivity index (χ3v) is 6.26. The largest absolute Gasteiger partial charge is 0.441 e. The molecule has 8 nitrogen and oxygen atoms in total. The first kappa shape index (κ1) is 22.2. The highest BCUT2D eigenvalue weighted by molar-refractivity contribution is 6.00. The van der Waals surface area contributed by atoms with Crippen molar-refractivity contribution in [3.05, 3.63) is 72.3 Å². The Hall–Kier alpha value is -3.62. The second-order valence-corrected chi connectivity index (χ2v) is 8.71. The molecule has 2 amide bonds. The summed E-state index contributed by atoms with van der Waals surface area (Å²) in [6.45, 7) is 0.504. The highest BCUT2D eigenvalue weighted by Crippen LogP contribution is 2.30. The fraction of sp³-hybridized carbons (Fsp3) is 0.308. The molecule has 2 fully saturated rings. The first-order valence-electron chi connectivity index (χ1n) is 11.3. The normalized spacial score (nSPS) is 23.4. The van der Waals surface area contributed by atoms with Crippen LogP contribution in [0.3, 0.4) is 0 Å². The lowest BCUT2D eigenvalue weighted by Gasteiger charge is -2.18. The standard InChI is InChI=1S/C26H27N3O5/c1-29(2)18-12-10-17(11-13-18)25(30)27-21-14-32-24-22(15-33-23(21)24)34-26(31)28-20-9-5-7-16-6-3-4-8-19(16)20/h3-13,21-24H,14-15H2,1-2H3,(H,27,30)(H,28,31). The van der Waals surface area contributed by atoms with Crippen molar-refractivity contribution in [2.75, 3.05) is 37.5 Å². The van der Waals surface area contributed by atoms with E-state index in [4.69, 9.17) is 14.2 Å². The van der Waals surface area contributed by atoms with Crippen LogP contribution in [0.2, 0.25) is 0 Å². The number of nitrogens with zero attached hydrogens (tertiary/aromatic N) is 1. The van der Waals surface area contributed by atoms with Crippen LogP contribution >= 0.6 is 0 Å². The van der Waals surface area contributed by atoms with Crippen molar-refractivity contribution in [3.8, 4) is 0 Å². The van der Waals surface area contributed by atoms with E-state index >= 15 is 0 Å². The van der Waals surface area contributed by atoms with Crippen molar-refractivity contribution in [3.63, 3.8) is 0 Å². The van der Waals surface area contributed by atoms with Crippen LogP contribution in [0.25, 0.3) is 10.8 Å². The lowest BCUT2D eigenvalue weighted by atomic mass is 10.1. The Labute approximate surface area is 197 Å². The topological polar surface area (TPSA) is 89.1 Å². The van der Waals surface area contributed by atoms with Crippen LogP contribution in [0.5, 0.6) is 0 Å². The van der Waals surface area contributed by atoms with Gasteiger partial charge in [0, 0.05) is 30.7 Å².